The highest BCUT2D eigenvalue weighted by molar-refractivity contribution is 6.00. The normalized spacial score (nSPS) is 11.0. The van der Waals surface area contributed by atoms with E-state index < -0.39 is 18.1 Å². The van der Waals surface area contributed by atoms with Crippen molar-refractivity contribution in [2.24, 2.45) is 0 Å². The molecule has 0 aliphatic carbocycles. The second kappa shape index (κ2) is 6.47. The SMILES string of the molecule is CCOC(=O)c1cc(NC(=O)C(F)(F)F)ccc1N(C)C. The Balaban J connectivity index is 3.13. The van der Waals surface area contributed by atoms with Gasteiger partial charge >= 0.3 is 18.1 Å². The lowest BCUT2D eigenvalue weighted by molar-refractivity contribution is -0.167. The zero-order valence-corrected chi connectivity index (χ0v) is 11.7. The number of hydrogen-bond acceptors (Lipinski definition) is 4. The van der Waals surface area contributed by atoms with Crippen LogP contribution in [0, 0.1) is 0 Å². The topological polar surface area (TPSA) is 58.6 Å². The average molecular weight is 304 g/mol. The van der Waals surface area contributed by atoms with E-state index in [9.17, 15) is 22.8 Å². The number of rotatable bonds is 4. The number of amides is 1. The van der Waals surface area contributed by atoms with Crippen LogP contribution in [0.4, 0.5) is 24.5 Å². The molecule has 8 heteroatoms. The molecular weight excluding hydrogens is 289 g/mol. The number of anilines is 2. The largest absolute Gasteiger partial charge is 0.471 e. The van der Waals surface area contributed by atoms with E-state index in [-0.39, 0.29) is 17.9 Å². The van der Waals surface area contributed by atoms with Gasteiger partial charge in [0.15, 0.2) is 0 Å². The maximum Gasteiger partial charge on any atom is 0.471 e. The smallest absolute Gasteiger partial charge is 0.462 e. The summed E-state index contributed by atoms with van der Waals surface area (Å²) in [5.74, 6) is -2.78. The van der Waals surface area contributed by atoms with Crippen molar-refractivity contribution in [3.05, 3.63) is 23.8 Å². The summed E-state index contributed by atoms with van der Waals surface area (Å²) in [5.41, 5.74) is 0.409. The fourth-order valence-corrected chi connectivity index (χ4v) is 1.58. The molecule has 0 saturated heterocycles. The minimum Gasteiger partial charge on any atom is -0.462 e. The molecule has 0 saturated carbocycles. The van der Waals surface area contributed by atoms with Crippen LogP contribution in [-0.4, -0.2) is 38.8 Å². The molecule has 0 bridgehead atoms. The monoisotopic (exact) mass is 304 g/mol. The lowest BCUT2D eigenvalue weighted by Crippen LogP contribution is -2.30. The molecule has 0 aliphatic rings. The predicted octanol–water partition coefficient (Wildman–Crippen LogP) is 2.43. The zero-order valence-electron chi connectivity index (χ0n) is 11.7. The van der Waals surface area contributed by atoms with Crippen LogP contribution in [0.25, 0.3) is 0 Å². The Bertz CT molecular complexity index is 542. The van der Waals surface area contributed by atoms with Gasteiger partial charge in [-0.1, -0.05) is 0 Å². The first-order chi connectivity index (χ1) is 9.66. The summed E-state index contributed by atoms with van der Waals surface area (Å²) in [7, 11) is 3.35. The molecule has 0 atom stereocenters. The number of nitrogens with one attached hydrogen (secondary N) is 1. The minimum atomic E-state index is -5.00. The third-order valence-electron chi connectivity index (χ3n) is 2.49. The van der Waals surface area contributed by atoms with E-state index in [1.54, 1.807) is 31.2 Å². The second-order valence-electron chi connectivity index (χ2n) is 4.30. The van der Waals surface area contributed by atoms with E-state index in [0.717, 1.165) is 6.07 Å². The van der Waals surface area contributed by atoms with E-state index >= 15 is 0 Å². The zero-order chi connectivity index (χ0) is 16.2. The summed E-state index contributed by atoms with van der Waals surface area (Å²) in [5, 5.41) is 1.70. The molecule has 21 heavy (non-hydrogen) atoms. The van der Waals surface area contributed by atoms with Gasteiger partial charge in [0.25, 0.3) is 0 Å². The van der Waals surface area contributed by atoms with Crippen molar-refractivity contribution in [3.8, 4) is 0 Å². The molecule has 0 aliphatic heterocycles. The van der Waals surface area contributed by atoms with Crippen LogP contribution in [0.2, 0.25) is 0 Å². The van der Waals surface area contributed by atoms with Gasteiger partial charge in [0.2, 0.25) is 0 Å². The predicted molar refractivity (Wildman–Crippen MR) is 71.4 cm³/mol. The summed E-state index contributed by atoms with van der Waals surface area (Å²) in [6.07, 6.45) is -5.00. The van der Waals surface area contributed by atoms with E-state index in [1.165, 1.54) is 12.1 Å². The molecule has 1 aromatic carbocycles. The highest BCUT2D eigenvalue weighted by Crippen LogP contribution is 2.25. The number of halogens is 3. The summed E-state index contributed by atoms with van der Waals surface area (Å²) >= 11 is 0. The lowest BCUT2D eigenvalue weighted by Gasteiger charge is -2.18. The Kier molecular flexibility index (Phi) is 5.17. The Labute approximate surface area is 119 Å². The van der Waals surface area contributed by atoms with Gasteiger partial charge in [0.1, 0.15) is 0 Å². The van der Waals surface area contributed by atoms with Crippen LogP contribution >= 0.6 is 0 Å². The van der Waals surface area contributed by atoms with Crippen molar-refractivity contribution in [1.29, 1.82) is 0 Å². The minimum absolute atomic E-state index is 0.0711. The number of alkyl halides is 3. The van der Waals surface area contributed by atoms with Crippen molar-refractivity contribution in [2.75, 3.05) is 30.9 Å². The van der Waals surface area contributed by atoms with E-state index in [4.69, 9.17) is 4.74 Å². The maximum atomic E-state index is 12.2. The van der Waals surface area contributed by atoms with Gasteiger partial charge in [-0.25, -0.2) is 4.79 Å². The van der Waals surface area contributed by atoms with E-state index in [1.807, 2.05) is 0 Å². The lowest BCUT2D eigenvalue weighted by atomic mass is 10.1. The first-order valence-electron chi connectivity index (χ1n) is 6.03. The molecule has 0 spiro atoms. The molecule has 0 unspecified atom stereocenters. The van der Waals surface area contributed by atoms with E-state index in [2.05, 4.69) is 0 Å². The van der Waals surface area contributed by atoms with Crippen LogP contribution in [0.1, 0.15) is 17.3 Å². The van der Waals surface area contributed by atoms with Gasteiger partial charge in [-0.05, 0) is 25.1 Å². The fraction of sp³-hybridized carbons (Fsp3) is 0.385. The summed E-state index contributed by atoms with van der Waals surface area (Å²) < 4.78 is 41.5. The highest BCUT2D eigenvalue weighted by atomic mass is 19.4. The van der Waals surface area contributed by atoms with Crippen molar-refractivity contribution < 1.29 is 27.5 Å². The van der Waals surface area contributed by atoms with Crippen LogP contribution in [0.15, 0.2) is 18.2 Å². The maximum absolute atomic E-state index is 12.2. The molecule has 0 fully saturated rings. The molecule has 116 valence electrons. The van der Waals surface area contributed by atoms with Gasteiger partial charge in [-0.15, -0.1) is 0 Å². The Morgan fingerprint density at radius 2 is 1.90 bits per heavy atom. The second-order valence-corrected chi connectivity index (χ2v) is 4.30. The van der Waals surface area contributed by atoms with Crippen LogP contribution < -0.4 is 10.2 Å². The number of hydrogen-bond donors (Lipinski definition) is 1. The van der Waals surface area contributed by atoms with Gasteiger partial charge in [-0.2, -0.15) is 13.2 Å². The first-order valence-corrected chi connectivity index (χ1v) is 6.03. The quantitative estimate of drug-likeness (QED) is 0.868. The number of ether oxygens (including phenoxy) is 1. The Morgan fingerprint density at radius 1 is 1.29 bits per heavy atom. The highest BCUT2D eigenvalue weighted by Gasteiger charge is 2.38. The molecule has 0 aromatic heterocycles. The number of benzene rings is 1. The van der Waals surface area contributed by atoms with Crippen molar-refractivity contribution >= 4 is 23.3 Å². The molecule has 1 aromatic rings. The summed E-state index contributed by atoms with van der Waals surface area (Å²) in [6, 6.07) is 3.86. The van der Waals surface area contributed by atoms with Crippen LogP contribution in [0.5, 0.6) is 0 Å². The Morgan fingerprint density at radius 3 is 2.38 bits per heavy atom. The van der Waals surface area contributed by atoms with Gasteiger partial charge in [-0.3, -0.25) is 4.79 Å². The van der Waals surface area contributed by atoms with Gasteiger partial charge in [0.05, 0.1) is 17.9 Å². The van der Waals surface area contributed by atoms with E-state index in [0.29, 0.717) is 5.69 Å². The number of carbonyl (C=O) groups excluding carboxylic acids is 2. The Hall–Kier alpha value is -2.25. The van der Waals surface area contributed by atoms with Crippen LogP contribution in [0.3, 0.4) is 0 Å². The van der Waals surface area contributed by atoms with Gasteiger partial charge < -0.3 is 15.0 Å². The third-order valence-corrected chi connectivity index (χ3v) is 2.49. The number of nitrogens with zero attached hydrogens (tertiary/aromatic N) is 1. The van der Waals surface area contributed by atoms with Crippen molar-refractivity contribution in [1.82, 2.24) is 0 Å². The molecule has 0 radical (unpaired) electrons. The number of carbonyl (C=O) groups is 2. The summed E-state index contributed by atoms with van der Waals surface area (Å²) in [4.78, 5) is 24.3. The third kappa shape index (κ3) is 4.37. The molecule has 1 amide bonds. The first kappa shape index (κ1) is 16.8. The fourth-order valence-electron chi connectivity index (χ4n) is 1.58. The number of esters is 1. The summed E-state index contributed by atoms with van der Waals surface area (Å²) in [6.45, 7) is 1.74. The average Bonchev–Trinajstić information content (AvgIpc) is 2.37. The molecular formula is C13H15F3N2O3. The standard InChI is InChI=1S/C13H15F3N2O3/c1-4-21-11(19)9-7-8(5-6-10(9)18(2)3)17-12(20)13(14,15)16/h5-7H,4H2,1-3H3,(H,17,20). The van der Waals surface area contributed by atoms with Crippen molar-refractivity contribution in [2.45, 2.75) is 13.1 Å². The van der Waals surface area contributed by atoms with Gasteiger partial charge in [0, 0.05) is 19.8 Å². The molecule has 0 heterocycles. The molecule has 1 N–H and O–H groups in total. The molecule has 5 nitrogen and oxygen atoms in total. The van der Waals surface area contributed by atoms with Crippen LogP contribution in [-0.2, 0) is 9.53 Å². The van der Waals surface area contributed by atoms with Crippen molar-refractivity contribution in [3.63, 3.8) is 0 Å². The molecule has 1 rings (SSSR count).